The first-order chi connectivity index (χ1) is 19.5. The molecule has 2 amide bonds. The number of amides is 2. The quantitative estimate of drug-likeness (QED) is 0.366. The van der Waals surface area contributed by atoms with Crippen LogP contribution in [0.3, 0.4) is 0 Å². The molecule has 10 heteroatoms. The second-order valence-electron chi connectivity index (χ2n) is 11.8. The van der Waals surface area contributed by atoms with Gasteiger partial charge in [0.05, 0.1) is 33.9 Å². The van der Waals surface area contributed by atoms with Crippen molar-refractivity contribution in [1.29, 1.82) is 0 Å². The van der Waals surface area contributed by atoms with Crippen molar-refractivity contribution < 1.29 is 34.0 Å². The standard InChI is InChI=1S/C31H44N2O7Si/c1-19-29(39-4)25-16-21(32-31(37)20(2)35)9-14-26(25)40-30(19)27(17-28(36)33-15-7-8-22(33)18-34)41(5,6)24-12-10-23(38-3)11-13-24/h9-14,16,19-20,22,27,29-30,34-35H,7-8,15,17-18H2,1-6H3,(H,32,37)/t19-,20-,22-,27?,29-,30-/m0/s1. The summed E-state index contributed by atoms with van der Waals surface area (Å²) in [5, 5.41) is 23.5. The highest BCUT2D eigenvalue weighted by Crippen LogP contribution is 2.48. The molecule has 41 heavy (non-hydrogen) atoms. The summed E-state index contributed by atoms with van der Waals surface area (Å²) in [6, 6.07) is 13.4. The summed E-state index contributed by atoms with van der Waals surface area (Å²) in [7, 11) is 0.950. The zero-order chi connectivity index (χ0) is 29.9. The molecule has 4 rings (SSSR count). The molecule has 2 aliphatic rings. The average molecular weight is 585 g/mol. The normalized spacial score (nSPS) is 23.8. The van der Waals surface area contributed by atoms with Crippen molar-refractivity contribution in [3.63, 3.8) is 0 Å². The highest BCUT2D eigenvalue weighted by Gasteiger charge is 2.48. The van der Waals surface area contributed by atoms with E-state index < -0.39 is 20.1 Å². The lowest BCUT2D eigenvalue weighted by molar-refractivity contribution is -0.133. The highest BCUT2D eigenvalue weighted by atomic mass is 28.3. The Labute approximate surface area is 243 Å². The number of benzene rings is 2. The van der Waals surface area contributed by atoms with E-state index in [-0.39, 0.29) is 42.2 Å². The number of carbonyl (C=O) groups excluding carboxylic acids is 2. The molecule has 0 aliphatic carbocycles. The van der Waals surface area contributed by atoms with Crippen LogP contribution >= 0.6 is 0 Å². The number of likely N-dealkylation sites (tertiary alicyclic amines) is 1. The minimum atomic E-state index is -2.36. The van der Waals surface area contributed by atoms with E-state index in [2.05, 4.69) is 37.5 Å². The number of nitrogens with one attached hydrogen (secondary N) is 1. The summed E-state index contributed by atoms with van der Waals surface area (Å²) in [5.74, 6) is 0.887. The van der Waals surface area contributed by atoms with Crippen molar-refractivity contribution >= 4 is 30.8 Å². The molecule has 9 nitrogen and oxygen atoms in total. The van der Waals surface area contributed by atoms with Gasteiger partial charge in [-0.2, -0.15) is 0 Å². The van der Waals surface area contributed by atoms with Gasteiger partial charge in [-0.1, -0.05) is 37.3 Å². The maximum atomic E-state index is 13.8. The van der Waals surface area contributed by atoms with Crippen LogP contribution < -0.4 is 20.0 Å². The molecule has 1 saturated heterocycles. The van der Waals surface area contributed by atoms with E-state index in [1.54, 1.807) is 20.3 Å². The first-order valence-electron chi connectivity index (χ1n) is 14.4. The minimum Gasteiger partial charge on any atom is -0.497 e. The average Bonchev–Trinajstić information content (AvgIpc) is 3.45. The number of aliphatic hydroxyl groups is 2. The molecule has 1 unspecified atom stereocenters. The molecule has 0 radical (unpaired) electrons. The molecule has 3 N–H and O–H groups in total. The number of nitrogens with zero attached hydrogens (tertiary/aromatic N) is 1. The molecule has 2 heterocycles. The van der Waals surface area contributed by atoms with E-state index in [0.717, 1.165) is 24.2 Å². The molecule has 1 fully saturated rings. The van der Waals surface area contributed by atoms with Gasteiger partial charge in [-0.25, -0.2) is 0 Å². The van der Waals surface area contributed by atoms with Crippen LogP contribution in [0.4, 0.5) is 5.69 Å². The summed E-state index contributed by atoms with van der Waals surface area (Å²) >= 11 is 0. The molecule has 0 bridgehead atoms. The number of carbonyl (C=O) groups is 2. The summed E-state index contributed by atoms with van der Waals surface area (Å²) < 4.78 is 18.2. The molecule has 6 atom stereocenters. The van der Waals surface area contributed by atoms with Crippen LogP contribution in [0.5, 0.6) is 11.5 Å². The zero-order valence-electron chi connectivity index (χ0n) is 24.9. The maximum Gasteiger partial charge on any atom is 0.252 e. The third-order valence-corrected chi connectivity index (χ3v) is 13.1. The van der Waals surface area contributed by atoms with Gasteiger partial charge in [-0.05, 0) is 50.1 Å². The Kier molecular flexibility index (Phi) is 9.79. The fourth-order valence-corrected chi connectivity index (χ4v) is 9.71. The first kappa shape index (κ1) is 31.0. The van der Waals surface area contributed by atoms with Crippen molar-refractivity contribution in [3.8, 4) is 11.5 Å². The molecular weight excluding hydrogens is 540 g/mol. The largest absolute Gasteiger partial charge is 0.497 e. The second-order valence-corrected chi connectivity index (χ2v) is 16.6. The summed E-state index contributed by atoms with van der Waals surface area (Å²) in [5.41, 5.74) is 1.27. The Hall–Kier alpha value is -2.92. The van der Waals surface area contributed by atoms with Crippen LogP contribution in [0.15, 0.2) is 42.5 Å². The number of rotatable bonds is 10. The smallest absolute Gasteiger partial charge is 0.252 e. The number of methoxy groups -OCH3 is 2. The maximum absolute atomic E-state index is 13.8. The van der Waals surface area contributed by atoms with Crippen molar-refractivity contribution in [2.45, 2.75) is 76.1 Å². The highest BCUT2D eigenvalue weighted by molar-refractivity contribution is 6.91. The van der Waals surface area contributed by atoms with Gasteiger partial charge in [-0.15, -0.1) is 0 Å². The second kappa shape index (κ2) is 12.9. The Balaban J connectivity index is 1.72. The Bertz CT molecular complexity index is 1220. The molecular formula is C31H44N2O7Si. The van der Waals surface area contributed by atoms with Crippen molar-refractivity contribution in [2.24, 2.45) is 5.92 Å². The minimum absolute atomic E-state index is 0.0287. The van der Waals surface area contributed by atoms with Crippen molar-refractivity contribution in [3.05, 3.63) is 48.0 Å². The van der Waals surface area contributed by atoms with Crippen LogP contribution in [0, 0.1) is 5.92 Å². The third-order valence-electron chi connectivity index (χ3n) is 8.94. The monoisotopic (exact) mass is 584 g/mol. The van der Waals surface area contributed by atoms with Crippen molar-refractivity contribution in [2.75, 3.05) is 32.7 Å². The van der Waals surface area contributed by atoms with Gasteiger partial charge in [0, 0.05) is 42.8 Å². The van der Waals surface area contributed by atoms with E-state index in [4.69, 9.17) is 14.2 Å². The van der Waals surface area contributed by atoms with Gasteiger partial charge in [0.25, 0.3) is 5.91 Å². The van der Waals surface area contributed by atoms with Crippen LogP contribution in [-0.4, -0.2) is 80.6 Å². The number of ether oxygens (including phenoxy) is 3. The Morgan fingerprint density at radius 2 is 1.88 bits per heavy atom. The lowest BCUT2D eigenvalue weighted by Gasteiger charge is -2.46. The van der Waals surface area contributed by atoms with Gasteiger partial charge >= 0.3 is 0 Å². The molecule has 0 spiro atoms. The molecule has 224 valence electrons. The molecule has 0 saturated carbocycles. The van der Waals surface area contributed by atoms with Gasteiger partial charge in [0.15, 0.2) is 0 Å². The summed E-state index contributed by atoms with van der Waals surface area (Å²) in [6.45, 7) is 8.70. The predicted octanol–water partition coefficient (Wildman–Crippen LogP) is 3.46. The van der Waals surface area contributed by atoms with Gasteiger partial charge in [-0.3, -0.25) is 9.59 Å². The van der Waals surface area contributed by atoms with Crippen LogP contribution in [-0.2, 0) is 14.3 Å². The van der Waals surface area contributed by atoms with Crippen LogP contribution in [0.25, 0.3) is 0 Å². The first-order valence-corrected chi connectivity index (χ1v) is 17.5. The zero-order valence-corrected chi connectivity index (χ0v) is 25.9. The molecule has 2 aromatic rings. The molecule has 0 aromatic heterocycles. The fraction of sp³-hybridized carbons (Fsp3) is 0.548. The molecule has 2 aliphatic heterocycles. The number of hydrogen-bond donors (Lipinski definition) is 3. The fourth-order valence-electron chi connectivity index (χ4n) is 6.38. The van der Waals surface area contributed by atoms with E-state index in [1.807, 2.05) is 29.2 Å². The van der Waals surface area contributed by atoms with Gasteiger partial charge < -0.3 is 34.6 Å². The van der Waals surface area contributed by atoms with E-state index in [0.29, 0.717) is 24.4 Å². The van der Waals surface area contributed by atoms with Crippen LogP contribution in [0.2, 0.25) is 18.6 Å². The van der Waals surface area contributed by atoms with Gasteiger partial charge in [0.2, 0.25) is 5.91 Å². The SMILES string of the molecule is COc1ccc([Si](C)(C)C(CC(=O)N2CCC[C@H]2CO)[C@H]2Oc3ccc(NC(=O)[C@H](C)O)cc3[C@@H](OC)[C@@H]2C)cc1. The lowest BCUT2D eigenvalue weighted by Crippen LogP contribution is -2.55. The number of anilines is 1. The van der Waals surface area contributed by atoms with E-state index >= 15 is 0 Å². The van der Waals surface area contributed by atoms with Gasteiger partial charge in [0.1, 0.15) is 23.7 Å². The summed E-state index contributed by atoms with van der Waals surface area (Å²) in [4.78, 5) is 27.8. The number of hydrogen-bond acceptors (Lipinski definition) is 7. The number of fused-ring (bicyclic) bond motifs is 1. The van der Waals surface area contributed by atoms with Crippen molar-refractivity contribution in [1.82, 2.24) is 4.90 Å². The topological polar surface area (TPSA) is 118 Å². The van der Waals surface area contributed by atoms with Crippen LogP contribution in [0.1, 0.15) is 44.8 Å². The molecule has 2 aromatic carbocycles. The lowest BCUT2D eigenvalue weighted by atomic mass is 9.86. The third kappa shape index (κ3) is 6.45. The summed E-state index contributed by atoms with van der Waals surface area (Å²) in [6.07, 6.45) is 0.245. The van der Waals surface area contributed by atoms with E-state index in [9.17, 15) is 19.8 Å². The predicted molar refractivity (Wildman–Crippen MR) is 160 cm³/mol. The van der Waals surface area contributed by atoms with E-state index in [1.165, 1.54) is 12.1 Å². The number of aliphatic hydroxyl groups excluding tert-OH is 2. The Morgan fingerprint density at radius 1 is 1.17 bits per heavy atom. The Morgan fingerprint density at radius 3 is 2.49 bits per heavy atom.